The molecule has 0 unspecified atom stereocenters. The Morgan fingerprint density at radius 2 is 1.69 bits per heavy atom. The van der Waals surface area contributed by atoms with E-state index in [0.717, 1.165) is 12.1 Å². The number of amides is 1. The van der Waals surface area contributed by atoms with Crippen molar-refractivity contribution in [3.05, 3.63) is 47.5 Å². The minimum absolute atomic E-state index is 0.0796. The summed E-state index contributed by atoms with van der Waals surface area (Å²) in [5, 5.41) is 4.41. The first-order valence-electron chi connectivity index (χ1n) is 7.68. The van der Waals surface area contributed by atoms with E-state index in [9.17, 15) is 30.7 Å². The monoisotopic (exact) mass is 454 g/mol. The highest BCUT2D eigenvalue weighted by atomic mass is 32.2. The molecule has 0 heterocycles. The number of thiocarbonyl (C=S) groups is 1. The maximum Gasteiger partial charge on any atom is 0.296 e. The molecule has 0 fully saturated rings. The number of hydrogen-bond donors (Lipinski definition) is 3. The molecule has 9 nitrogen and oxygen atoms in total. The van der Waals surface area contributed by atoms with E-state index in [1.54, 1.807) is 0 Å². The van der Waals surface area contributed by atoms with Crippen LogP contribution in [0.1, 0.15) is 18.1 Å². The fraction of sp³-hybridized carbons (Fsp3) is 0.0588. The summed E-state index contributed by atoms with van der Waals surface area (Å²) < 4.78 is 65.2. The third-order valence-electron chi connectivity index (χ3n) is 3.50. The largest absolute Gasteiger partial charge is 0.326 e. The van der Waals surface area contributed by atoms with Crippen molar-refractivity contribution in [3.63, 3.8) is 0 Å². The van der Waals surface area contributed by atoms with Gasteiger partial charge in [0.05, 0.1) is 10.8 Å². The van der Waals surface area contributed by atoms with E-state index < -0.39 is 35.9 Å². The summed E-state index contributed by atoms with van der Waals surface area (Å²) >= 11 is 4.44. The second kappa shape index (κ2) is 8.74. The molecule has 0 atom stereocenters. The smallest absolute Gasteiger partial charge is 0.296 e. The highest BCUT2D eigenvalue weighted by Crippen LogP contribution is 2.27. The number of benzene rings is 2. The van der Waals surface area contributed by atoms with E-state index in [2.05, 4.69) is 22.5 Å². The highest BCUT2D eigenvalue weighted by Gasteiger charge is 2.17. The molecular weight excluding hydrogens is 440 g/mol. The number of carbonyl (C=O) groups excluding carboxylic acids is 1. The normalized spacial score (nSPS) is 11.8. The SMILES string of the molecule is CC(=O)Nc1ccc(/C=C/c2ccc(N=C=S)c(S(=O)(=O)O)c2)c(S(=O)(=O)O)c1. The van der Waals surface area contributed by atoms with Crippen molar-refractivity contribution < 1.29 is 30.7 Å². The van der Waals surface area contributed by atoms with Gasteiger partial charge in [0, 0.05) is 12.6 Å². The molecule has 0 bridgehead atoms. The van der Waals surface area contributed by atoms with Crippen molar-refractivity contribution in [2.24, 2.45) is 4.99 Å². The Hall–Kier alpha value is -2.73. The third kappa shape index (κ3) is 6.12. The van der Waals surface area contributed by atoms with Gasteiger partial charge in [-0.15, -0.1) is 0 Å². The van der Waals surface area contributed by atoms with Crippen LogP contribution in [-0.2, 0) is 25.0 Å². The molecule has 3 N–H and O–H groups in total. The molecule has 0 spiro atoms. The average molecular weight is 455 g/mol. The first kappa shape index (κ1) is 22.6. The minimum Gasteiger partial charge on any atom is -0.326 e. The van der Waals surface area contributed by atoms with E-state index >= 15 is 0 Å². The number of carbonyl (C=O) groups is 1. The number of rotatable bonds is 6. The van der Waals surface area contributed by atoms with Crippen LogP contribution in [0.5, 0.6) is 0 Å². The molecule has 0 radical (unpaired) electrons. The zero-order valence-corrected chi connectivity index (χ0v) is 17.2. The van der Waals surface area contributed by atoms with Crippen LogP contribution in [0.25, 0.3) is 12.2 Å². The molecule has 0 aliphatic carbocycles. The Morgan fingerprint density at radius 1 is 1.03 bits per heavy atom. The lowest BCUT2D eigenvalue weighted by Gasteiger charge is -2.08. The van der Waals surface area contributed by atoms with Crippen molar-refractivity contribution in [3.8, 4) is 0 Å². The average Bonchev–Trinajstić information content (AvgIpc) is 2.59. The van der Waals surface area contributed by atoms with Crippen LogP contribution in [0.2, 0.25) is 0 Å². The van der Waals surface area contributed by atoms with Crippen LogP contribution < -0.4 is 5.32 Å². The highest BCUT2D eigenvalue weighted by molar-refractivity contribution is 7.86. The fourth-order valence-electron chi connectivity index (χ4n) is 2.35. The van der Waals surface area contributed by atoms with E-state index in [-0.39, 0.29) is 22.5 Å². The molecule has 0 saturated carbocycles. The van der Waals surface area contributed by atoms with Crippen LogP contribution in [0.15, 0.2) is 51.2 Å². The van der Waals surface area contributed by atoms with Crippen LogP contribution in [0.4, 0.5) is 11.4 Å². The van der Waals surface area contributed by atoms with Crippen LogP contribution in [-0.4, -0.2) is 37.0 Å². The molecule has 2 rings (SSSR count). The Morgan fingerprint density at radius 3 is 2.24 bits per heavy atom. The molecule has 1 amide bonds. The van der Waals surface area contributed by atoms with Crippen molar-refractivity contribution in [2.45, 2.75) is 16.7 Å². The van der Waals surface area contributed by atoms with Gasteiger partial charge in [0.25, 0.3) is 20.2 Å². The molecule has 12 heteroatoms. The van der Waals surface area contributed by atoms with Gasteiger partial charge in [-0.1, -0.05) is 24.3 Å². The molecule has 0 aliphatic rings. The van der Waals surface area contributed by atoms with Crippen molar-refractivity contribution >= 4 is 67.0 Å². The van der Waals surface area contributed by atoms with Gasteiger partial charge in [-0.3, -0.25) is 13.9 Å². The number of hydrogen-bond acceptors (Lipinski definition) is 7. The first-order chi connectivity index (χ1) is 13.4. The minimum atomic E-state index is -4.61. The van der Waals surface area contributed by atoms with Gasteiger partial charge in [0.15, 0.2) is 0 Å². The van der Waals surface area contributed by atoms with Gasteiger partial charge in [0.1, 0.15) is 9.79 Å². The molecule has 29 heavy (non-hydrogen) atoms. The number of nitrogens with zero attached hydrogens (tertiary/aromatic N) is 1. The van der Waals surface area contributed by atoms with Crippen LogP contribution in [0, 0.1) is 0 Å². The number of aliphatic imine (C=N–C) groups is 1. The van der Waals surface area contributed by atoms with E-state index in [1.807, 2.05) is 5.16 Å². The van der Waals surface area contributed by atoms with Crippen LogP contribution >= 0.6 is 12.2 Å². The summed E-state index contributed by atoms with van der Waals surface area (Å²) in [6.45, 7) is 1.24. The topological polar surface area (TPSA) is 150 Å². The molecular formula is C17H14N2O7S3. The van der Waals surface area contributed by atoms with E-state index in [1.165, 1.54) is 43.3 Å². The van der Waals surface area contributed by atoms with Crippen LogP contribution in [0.3, 0.4) is 0 Å². The Balaban J connectivity index is 2.54. The number of isothiocyanates is 1. The Kier molecular flexibility index (Phi) is 6.80. The quantitative estimate of drug-likeness (QED) is 0.261. The summed E-state index contributed by atoms with van der Waals surface area (Å²) in [5.74, 6) is -0.425. The van der Waals surface area contributed by atoms with Gasteiger partial charge in [-0.25, -0.2) is 0 Å². The lowest BCUT2D eigenvalue weighted by molar-refractivity contribution is -0.114. The second-order valence-electron chi connectivity index (χ2n) is 5.65. The Bertz CT molecular complexity index is 1260. The summed E-state index contributed by atoms with van der Waals surface area (Å²) in [6.07, 6.45) is 2.67. The van der Waals surface area contributed by atoms with Gasteiger partial charge in [-0.05, 0) is 47.6 Å². The number of anilines is 1. The van der Waals surface area contributed by atoms with Gasteiger partial charge < -0.3 is 5.32 Å². The predicted molar refractivity (Wildman–Crippen MR) is 110 cm³/mol. The molecule has 0 aromatic heterocycles. The summed E-state index contributed by atoms with van der Waals surface area (Å²) in [4.78, 5) is 13.7. The summed E-state index contributed by atoms with van der Waals surface area (Å²) in [6, 6.07) is 7.70. The molecule has 152 valence electrons. The van der Waals surface area contributed by atoms with Gasteiger partial charge in [0.2, 0.25) is 5.91 Å². The predicted octanol–water partition coefficient (Wildman–Crippen LogP) is 3.04. The fourth-order valence-corrected chi connectivity index (χ4v) is 3.82. The van der Waals surface area contributed by atoms with E-state index in [0.29, 0.717) is 0 Å². The van der Waals surface area contributed by atoms with Gasteiger partial charge >= 0.3 is 0 Å². The maximum absolute atomic E-state index is 11.7. The summed E-state index contributed by atoms with van der Waals surface area (Å²) in [7, 11) is -9.21. The molecule has 2 aromatic carbocycles. The third-order valence-corrected chi connectivity index (χ3v) is 5.38. The standard InChI is InChI=1S/C17H14N2O7S3/c1-11(20)19-14-6-5-13(16(9-14)28(21,22)23)4-2-12-3-7-15(18-10-27)17(8-12)29(24,25)26/h2-9H,1H3,(H,19,20)(H,21,22,23)(H,24,25,26)/b4-2+. The van der Waals surface area contributed by atoms with Crippen molar-refractivity contribution in [1.82, 2.24) is 0 Å². The molecule has 2 aromatic rings. The second-order valence-corrected chi connectivity index (χ2v) is 8.61. The van der Waals surface area contributed by atoms with Crippen molar-refractivity contribution in [2.75, 3.05) is 5.32 Å². The zero-order valence-electron chi connectivity index (χ0n) is 14.7. The lowest BCUT2D eigenvalue weighted by atomic mass is 10.1. The Labute approximate surface area is 172 Å². The lowest BCUT2D eigenvalue weighted by Crippen LogP contribution is -2.08. The maximum atomic E-state index is 11.7. The molecule has 0 saturated heterocycles. The zero-order chi connectivity index (χ0) is 21.8. The number of nitrogens with one attached hydrogen (secondary N) is 1. The van der Waals surface area contributed by atoms with Crippen molar-refractivity contribution in [1.29, 1.82) is 0 Å². The van der Waals surface area contributed by atoms with Gasteiger partial charge in [-0.2, -0.15) is 21.8 Å². The molecule has 0 aliphatic heterocycles. The first-order valence-corrected chi connectivity index (χ1v) is 11.0. The summed E-state index contributed by atoms with van der Waals surface area (Å²) in [5.41, 5.74) is 0.417. The van der Waals surface area contributed by atoms with E-state index in [4.69, 9.17) is 0 Å².